The van der Waals surface area contributed by atoms with Crippen LogP contribution in [-0.2, 0) is 4.74 Å². The first-order chi connectivity index (χ1) is 7.56. The molecule has 2 N–H and O–H groups in total. The Morgan fingerprint density at radius 2 is 2.00 bits per heavy atom. The van der Waals surface area contributed by atoms with E-state index in [0.29, 0.717) is 11.5 Å². The third kappa shape index (κ3) is 3.07. The van der Waals surface area contributed by atoms with Crippen molar-refractivity contribution in [3.8, 4) is 0 Å². The molecule has 0 aromatic heterocycles. The van der Waals surface area contributed by atoms with Crippen molar-refractivity contribution in [3.63, 3.8) is 0 Å². The molecule has 0 radical (unpaired) electrons. The van der Waals surface area contributed by atoms with Crippen LogP contribution < -0.4 is 5.73 Å². The summed E-state index contributed by atoms with van der Waals surface area (Å²) in [5.74, 6) is 0.176. The molecular weight excluding hydrogens is 202 g/mol. The second kappa shape index (κ2) is 5.66. The second-order valence-corrected chi connectivity index (χ2v) is 4.31. The molecule has 0 fully saturated rings. The zero-order chi connectivity index (χ0) is 12.1. The Balaban J connectivity index is 2.98. The average molecular weight is 221 g/mol. The number of hydrogen-bond acceptors (Lipinski definition) is 3. The highest BCUT2D eigenvalue weighted by Crippen LogP contribution is 2.22. The number of hydrogen-bond donors (Lipinski definition) is 1. The number of ether oxygens (including phenoxy) is 1. The van der Waals surface area contributed by atoms with E-state index in [1.54, 1.807) is 6.07 Å². The van der Waals surface area contributed by atoms with Crippen molar-refractivity contribution in [2.45, 2.75) is 26.3 Å². The number of methoxy groups -OCH3 is 1. The molecule has 0 aliphatic carbocycles. The van der Waals surface area contributed by atoms with Crippen LogP contribution in [0.2, 0.25) is 0 Å². The lowest BCUT2D eigenvalue weighted by Gasteiger charge is -2.17. The summed E-state index contributed by atoms with van der Waals surface area (Å²) in [6.45, 7) is 4.22. The largest absolute Gasteiger partial charge is 0.465 e. The van der Waals surface area contributed by atoms with Crippen LogP contribution in [-0.4, -0.2) is 13.1 Å². The predicted octanol–water partition coefficient (Wildman–Crippen LogP) is 2.52. The Labute approximate surface area is 96.6 Å². The van der Waals surface area contributed by atoms with Crippen molar-refractivity contribution in [2.75, 3.05) is 7.11 Å². The molecule has 0 saturated carbocycles. The van der Waals surface area contributed by atoms with Gasteiger partial charge in [-0.15, -0.1) is 0 Å². The van der Waals surface area contributed by atoms with E-state index in [0.717, 1.165) is 12.0 Å². The van der Waals surface area contributed by atoms with E-state index in [-0.39, 0.29) is 12.0 Å². The van der Waals surface area contributed by atoms with Gasteiger partial charge < -0.3 is 10.5 Å². The molecule has 0 saturated heterocycles. The lowest BCUT2D eigenvalue weighted by Crippen LogP contribution is -2.17. The van der Waals surface area contributed by atoms with Crippen LogP contribution >= 0.6 is 0 Å². The van der Waals surface area contributed by atoms with Crippen molar-refractivity contribution in [2.24, 2.45) is 11.7 Å². The third-order valence-electron chi connectivity index (χ3n) is 2.49. The Hall–Kier alpha value is -1.35. The minimum absolute atomic E-state index is 0.115. The van der Waals surface area contributed by atoms with E-state index >= 15 is 0 Å². The topological polar surface area (TPSA) is 52.3 Å². The number of benzene rings is 1. The quantitative estimate of drug-likeness (QED) is 0.795. The van der Waals surface area contributed by atoms with Crippen LogP contribution in [0.1, 0.15) is 42.2 Å². The molecule has 0 spiro atoms. The van der Waals surface area contributed by atoms with E-state index in [1.807, 2.05) is 18.2 Å². The normalized spacial score (nSPS) is 12.6. The summed E-state index contributed by atoms with van der Waals surface area (Å²) >= 11 is 0. The van der Waals surface area contributed by atoms with Gasteiger partial charge in [0.2, 0.25) is 0 Å². The van der Waals surface area contributed by atoms with Crippen LogP contribution in [0.5, 0.6) is 0 Å². The van der Waals surface area contributed by atoms with Crippen molar-refractivity contribution in [3.05, 3.63) is 35.4 Å². The summed E-state index contributed by atoms with van der Waals surface area (Å²) in [7, 11) is 1.38. The number of esters is 1. The maximum absolute atomic E-state index is 11.5. The zero-order valence-electron chi connectivity index (χ0n) is 10.1. The first-order valence-electron chi connectivity index (χ1n) is 5.49. The maximum Gasteiger partial charge on any atom is 0.338 e. The Morgan fingerprint density at radius 1 is 1.38 bits per heavy atom. The smallest absolute Gasteiger partial charge is 0.338 e. The van der Waals surface area contributed by atoms with Crippen molar-refractivity contribution < 1.29 is 9.53 Å². The van der Waals surface area contributed by atoms with Crippen molar-refractivity contribution in [1.29, 1.82) is 0 Å². The highest BCUT2D eigenvalue weighted by Gasteiger charge is 2.16. The summed E-state index contributed by atoms with van der Waals surface area (Å²) in [6.07, 6.45) is 0.855. The molecule has 0 aliphatic heterocycles. The number of rotatable bonds is 4. The average Bonchev–Trinajstić information content (AvgIpc) is 2.27. The summed E-state index contributed by atoms with van der Waals surface area (Å²) in [5.41, 5.74) is 7.51. The van der Waals surface area contributed by atoms with E-state index in [1.165, 1.54) is 7.11 Å². The zero-order valence-corrected chi connectivity index (χ0v) is 10.1. The molecule has 3 nitrogen and oxygen atoms in total. The standard InChI is InChI=1S/C13H19NO2/c1-9(2)8-12(14)10-6-4-5-7-11(10)13(15)16-3/h4-7,9,12H,8,14H2,1-3H3/t12-/m0/s1. The van der Waals surface area contributed by atoms with Crippen LogP contribution in [0.4, 0.5) is 0 Å². The van der Waals surface area contributed by atoms with Gasteiger partial charge in [0.15, 0.2) is 0 Å². The molecular formula is C13H19NO2. The monoisotopic (exact) mass is 221 g/mol. The SMILES string of the molecule is COC(=O)c1ccccc1[C@@H](N)CC(C)C. The highest BCUT2D eigenvalue weighted by molar-refractivity contribution is 5.91. The van der Waals surface area contributed by atoms with E-state index in [9.17, 15) is 4.79 Å². The molecule has 1 rings (SSSR count). The fourth-order valence-electron chi connectivity index (χ4n) is 1.75. The summed E-state index contributed by atoms with van der Waals surface area (Å²) in [4.78, 5) is 11.5. The van der Waals surface area contributed by atoms with Crippen molar-refractivity contribution in [1.82, 2.24) is 0 Å². The molecule has 0 unspecified atom stereocenters. The Bertz CT molecular complexity index is 361. The van der Waals surface area contributed by atoms with Gasteiger partial charge in [0.1, 0.15) is 0 Å². The van der Waals surface area contributed by atoms with Gasteiger partial charge in [-0.3, -0.25) is 0 Å². The first-order valence-corrected chi connectivity index (χ1v) is 5.49. The number of nitrogens with two attached hydrogens (primary N) is 1. The van der Waals surface area contributed by atoms with Crippen LogP contribution in [0.25, 0.3) is 0 Å². The molecule has 0 heterocycles. The molecule has 16 heavy (non-hydrogen) atoms. The minimum Gasteiger partial charge on any atom is -0.465 e. The Morgan fingerprint density at radius 3 is 2.56 bits per heavy atom. The van der Waals surface area contributed by atoms with E-state index < -0.39 is 0 Å². The lowest BCUT2D eigenvalue weighted by molar-refractivity contribution is 0.0598. The lowest BCUT2D eigenvalue weighted by atomic mass is 9.94. The van der Waals surface area contributed by atoms with Gasteiger partial charge in [-0.05, 0) is 24.0 Å². The number of carbonyl (C=O) groups is 1. The molecule has 3 heteroatoms. The van der Waals surface area contributed by atoms with Gasteiger partial charge in [0, 0.05) is 6.04 Å². The fraction of sp³-hybridized carbons (Fsp3) is 0.462. The van der Waals surface area contributed by atoms with Gasteiger partial charge in [0.05, 0.1) is 12.7 Å². The molecule has 0 aliphatic rings. The maximum atomic E-state index is 11.5. The van der Waals surface area contributed by atoms with E-state index in [2.05, 4.69) is 13.8 Å². The molecule has 1 aromatic carbocycles. The highest BCUT2D eigenvalue weighted by atomic mass is 16.5. The minimum atomic E-state index is -0.324. The third-order valence-corrected chi connectivity index (χ3v) is 2.49. The van der Waals surface area contributed by atoms with Gasteiger partial charge >= 0.3 is 5.97 Å². The van der Waals surface area contributed by atoms with Crippen LogP contribution in [0.3, 0.4) is 0 Å². The molecule has 0 bridgehead atoms. The second-order valence-electron chi connectivity index (χ2n) is 4.31. The summed E-state index contributed by atoms with van der Waals surface area (Å²) < 4.78 is 4.74. The fourth-order valence-corrected chi connectivity index (χ4v) is 1.75. The molecule has 0 amide bonds. The van der Waals surface area contributed by atoms with Crippen LogP contribution in [0.15, 0.2) is 24.3 Å². The van der Waals surface area contributed by atoms with E-state index in [4.69, 9.17) is 10.5 Å². The van der Waals surface area contributed by atoms with Gasteiger partial charge in [-0.2, -0.15) is 0 Å². The number of carbonyl (C=O) groups excluding carboxylic acids is 1. The van der Waals surface area contributed by atoms with Gasteiger partial charge in [-0.25, -0.2) is 4.79 Å². The first kappa shape index (κ1) is 12.7. The predicted molar refractivity (Wildman–Crippen MR) is 64.2 cm³/mol. The molecule has 88 valence electrons. The van der Waals surface area contributed by atoms with Gasteiger partial charge in [0.25, 0.3) is 0 Å². The van der Waals surface area contributed by atoms with Crippen molar-refractivity contribution >= 4 is 5.97 Å². The summed E-state index contributed by atoms with van der Waals surface area (Å²) in [6, 6.07) is 7.23. The van der Waals surface area contributed by atoms with Crippen LogP contribution in [0, 0.1) is 5.92 Å². The molecule has 1 aromatic rings. The molecule has 1 atom stereocenters. The summed E-state index contributed by atoms with van der Waals surface area (Å²) in [5, 5.41) is 0. The van der Waals surface area contributed by atoms with Gasteiger partial charge in [-0.1, -0.05) is 32.0 Å². The Kier molecular flexibility index (Phi) is 4.50.